The average molecular weight is 399 g/mol. The third-order valence-electron chi connectivity index (χ3n) is 7.18. The maximum absolute atomic E-state index is 12.7. The number of piperidine rings is 3. The number of fused-ring (bicyclic) bond motifs is 4. The molecule has 3 aliphatic rings. The van der Waals surface area contributed by atoms with E-state index in [9.17, 15) is 9.59 Å². The lowest BCUT2D eigenvalue weighted by molar-refractivity contribution is -0.141. The van der Waals surface area contributed by atoms with Crippen LogP contribution in [0.15, 0.2) is 30.3 Å². The Bertz CT molecular complexity index is 707. The van der Waals surface area contributed by atoms with Gasteiger partial charge in [-0.25, -0.2) is 0 Å². The molecule has 1 aromatic rings. The molecule has 158 valence electrons. The van der Waals surface area contributed by atoms with E-state index in [0.717, 1.165) is 26.1 Å². The SMILES string of the molecule is COC(=O)CCCC(=O)N1C[C@@H]2C[C@H](C1)[C@@H]1CCC[C@H](Cc3ccccc3)N1C2. The zero-order valence-electron chi connectivity index (χ0n) is 17.6. The van der Waals surface area contributed by atoms with E-state index in [4.69, 9.17) is 0 Å². The standard InChI is InChI=1S/C24H34N2O3/c1-29-24(28)12-6-11-23(27)25-15-19-13-20(17-25)22-10-5-9-21(26(22)16-19)14-18-7-3-2-4-8-18/h2-4,7-8,19-22H,5-6,9-17H2,1H3/t19-,20+,21+,22-/m0/s1. The van der Waals surface area contributed by atoms with Gasteiger partial charge >= 0.3 is 5.97 Å². The molecule has 0 aliphatic carbocycles. The fourth-order valence-corrected chi connectivity index (χ4v) is 5.86. The van der Waals surface area contributed by atoms with Crippen molar-refractivity contribution in [3.63, 3.8) is 0 Å². The number of amides is 1. The van der Waals surface area contributed by atoms with Crippen LogP contribution in [0.3, 0.4) is 0 Å². The minimum absolute atomic E-state index is 0.216. The molecular weight excluding hydrogens is 364 g/mol. The largest absolute Gasteiger partial charge is 0.469 e. The summed E-state index contributed by atoms with van der Waals surface area (Å²) in [6.45, 7) is 2.91. The lowest BCUT2D eigenvalue weighted by atomic mass is 9.74. The molecule has 4 rings (SSSR count). The van der Waals surface area contributed by atoms with E-state index < -0.39 is 0 Å². The maximum atomic E-state index is 12.7. The van der Waals surface area contributed by atoms with E-state index in [0.29, 0.717) is 43.2 Å². The van der Waals surface area contributed by atoms with Gasteiger partial charge in [0.15, 0.2) is 0 Å². The van der Waals surface area contributed by atoms with Gasteiger partial charge in [-0.15, -0.1) is 0 Å². The zero-order valence-corrected chi connectivity index (χ0v) is 17.6. The van der Waals surface area contributed by atoms with Crippen LogP contribution in [0.25, 0.3) is 0 Å². The molecule has 0 aromatic heterocycles. The molecule has 0 spiro atoms. The smallest absolute Gasteiger partial charge is 0.305 e. The number of hydrogen-bond donors (Lipinski definition) is 0. The highest BCUT2D eigenvalue weighted by molar-refractivity contribution is 5.77. The summed E-state index contributed by atoms with van der Waals surface area (Å²) in [5.41, 5.74) is 1.44. The number of methoxy groups -OCH3 is 1. The highest BCUT2D eigenvalue weighted by Gasteiger charge is 2.45. The molecule has 0 unspecified atom stereocenters. The second-order valence-corrected chi connectivity index (χ2v) is 9.13. The Kier molecular flexibility index (Phi) is 6.53. The summed E-state index contributed by atoms with van der Waals surface area (Å²) in [6.07, 6.45) is 7.66. The Labute approximate surface area is 174 Å². The molecule has 4 atom stereocenters. The molecule has 5 heteroatoms. The van der Waals surface area contributed by atoms with Gasteiger partial charge in [0.25, 0.3) is 0 Å². The number of rotatable bonds is 6. The quantitative estimate of drug-likeness (QED) is 0.690. The topological polar surface area (TPSA) is 49.9 Å². The molecule has 3 saturated heterocycles. The zero-order chi connectivity index (χ0) is 20.2. The summed E-state index contributed by atoms with van der Waals surface area (Å²) in [5, 5.41) is 0. The second-order valence-electron chi connectivity index (χ2n) is 9.13. The van der Waals surface area contributed by atoms with Crippen LogP contribution < -0.4 is 0 Å². The van der Waals surface area contributed by atoms with Crippen molar-refractivity contribution in [1.82, 2.24) is 9.80 Å². The lowest BCUT2D eigenvalue weighted by Crippen LogP contribution is -2.62. The normalized spacial score (nSPS) is 29.2. The van der Waals surface area contributed by atoms with Gasteiger partial charge in [-0.05, 0) is 49.5 Å². The minimum Gasteiger partial charge on any atom is -0.469 e. The molecule has 3 aliphatic heterocycles. The van der Waals surface area contributed by atoms with Crippen molar-refractivity contribution < 1.29 is 14.3 Å². The van der Waals surface area contributed by atoms with Gasteiger partial charge in [-0.3, -0.25) is 14.5 Å². The van der Waals surface area contributed by atoms with Crippen molar-refractivity contribution in [1.29, 1.82) is 0 Å². The fourth-order valence-electron chi connectivity index (χ4n) is 5.86. The number of benzene rings is 1. The van der Waals surface area contributed by atoms with Crippen LogP contribution in [0.5, 0.6) is 0 Å². The van der Waals surface area contributed by atoms with Gasteiger partial charge in [0, 0.05) is 44.6 Å². The van der Waals surface area contributed by atoms with Gasteiger partial charge in [0.2, 0.25) is 5.91 Å². The molecule has 5 nitrogen and oxygen atoms in total. The number of nitrogens with zero attached hydrogens (tertiary/aromatic N) is 2. The van der Waals surface area contributed by atoms with Crippen LogP contribution in [0.2, 0.25) is 0 Å². The third kappa shape index (κ3) is 4.82. The van der Waals surface area contributed by atoms with E-state index in [1.54, 1.807) is 0 Å². The first-order valence-electron chi connectivity index (χ1n) is 11.3. The second kappa shape index (κ2) is 9.29. The highest BCUT2D eigenvalue weighted by Crippen LogP contribution is 2.40. The molecule has 0 N–H and O–H groups in total. The lowest BCUT2D eigenvalue weighted by Gasteiger charge is -2.55. The van der Waals surface area contributed by atoms with Crippen LogP contribution in [-0.4, -0.2) is 60.5 Å². The van der Waals surface area contributed by atoms with Crippen molar-refractivity contribution in [3.05, 3.63) is 35.9 Å². The van der Waals surface area contributed by atoms with Crippen LogP contribution in [0, 0.1) is 11.8 Å². The predicted molar refractivity (Wildman–Crippen MR) is 112 cm³/mol. The van der Waals surface area contributed by atoms with Gasteiger partial charge in [0.1, 0.15) is 0 Å². The Morgan fingerprint density at radius 3 is 2.69 bits per heavy atom. The van der Waals surface area contributed by atoms with Crippen molar-refractivity contribution in [2.45, 2.75) is 63.5 Å². The van der Waals surface area contributed by atoms with Gasteiger partial charge in [0.05, 0.1) is 7.11 Å². The van der Waals surface area contributed by atoms with Crippen molar-refractivity contribution >= 4 is 11.9 Å². The first kappa shape index (κ1) is 20.4. The van der Waals surface area contributed by atoms with E-state index in [2.05, 4.69) is 44.9 Å². The van der Waals surface area contributed by atoms with Crippen molar-refractivity contribution in [2.75, 3.05) is 26.7 Å². The summed E-state index contributed by atoms with van der Waals surface area (Å²) >= 11 is 0. The Balaban J connectivity index is 1.35. The van der Waals surface area contributed by atoms with E-state index >= 15 is 0 Å². The van der Waals surface area contributed by atoms with E-state index in [-0.39, 0.29) is 11.9 Å². The molecule has 3 heterocycles. The maximum Gasteiger partial charge on any atom is 0.305 e. The number of esters is 1. The first-order valence-corrected chi connectivity index (χ1v) is 11.3. The number of carbonyl (C=O) groups excluding carboxylic acids is 2. The first-order chi connectivity index (χ1) is 14.1. The summed E-state index contributed by atoms with van der Waals surface area (Å²) < 4.78 is 4.68. The van der Waals surface area contributed by atoms with Gasteiger partial charge in [-0.1, -0.05) is 36.8 Å². The van der Waals surface area contributed by atoms with Crippen LogP contribution in [0.1, 0.15) is 50.5 Å². The molecule has 1 aromatic carbocycles. The minimum atomic E-state index is -0.226. The van der Waals surface area contributed by atoms with Crippen LogP contribution in [0.4, 0.5) is 0 Å². The molecule has 0 radical (unpaired) electrons. The molecular formula is C24H34N2O3. The summed E-state index contributed by atoms with van der Waals surface area (Å²) in [5.74, 6) is 1.18. The number of ether oxygens (including phenoxy) is 1. The summed E-state index contributed by atoms with van der Waals surface area (Å²) in [4.78, 5) is 28.9. The number of carbonyl (C=O) groups is 2. The molecule has 29 heavy (non-hydrogen) atoms. The number of likely N-dealkylation sites (tertiary alicyclic amines) is 1. The molecule has 3 fully saturated rings. The van der Waals surface area contributed by atoms with E-state index in [1.165, 1.54) is 38.4 Å². The molecule has 2 bridgehead atoms. The van der Waals surface area contributed by atoms with Crippen LogP contribution in [-0.2, 0) is 20.7 Å². The van der Waals surface area contributed by atoms with Gasteiger partial charge < -0.3 is 9.64 Å². The van der Waals surface area contributed by atoms with Crippen molar-refractivity contribution in [2.24, 2.45) is 11.8 Å². The van der Waals surface area contributed by atoms with Crippen LogP contribution >= 0.6 is 0 Å². The fraction of sp³-hybridized carbons (Fsp3) is 0.667. The highest BCUT2D eigenvalue weighted by atomic mass is 16.5. The Hall–Kier alpha value is -1.88. The third-order valence-corrected chi connectivity index (χ3v) is 7.18. The van der Waals surface area contributed by atoms with E-state index in [1.807, 2.05) is 0 Å². The monoisotopic (exact) mass is 398 g/mol. The molecule has 0 saturated carbocycles. The summed E-state index contributed by atoms with van der Waals surface area (Å²) in [7, 11) is 1.40. The summed E-state index contributed by atoms with van der Waals surface area (Å²) in [6, 6.07) is 12.2. The Morgan fingerprint density at radius 2 is 1.90 bits per heavy atom. The predicted octanol–water partition coefficient (Wildman–Crippen LogP) is 3.27. The average Bonchev–Trinajstić information content (AvgIpc) is 2.74. The molecule has 1 amide bonds. The van der Waals surface area contributed by atoms with Crippen molar-refractivity contribution in [3.8, 4) is 0 Å². The Morgan fingerprint density at radius 1 is 1.07 bits per heavy atom. The number of hydrogen-bond acceptors (Lipinski definition) is 4. The van der Waals surface area contributed by atoms with Gasteiger partial charge in [-0.2, -0.15) is 0 Å².